The van der Waals surface area contributed by atoms with Gasteiger partial charge in [-0.15, -0.1) is 12.4 Å². The molecule has 0 aromatic heterocycles. The number of piperazine rings is 1. The van der Waals surface area contributed by atoms with Crippen molar-refractivity contribution >= 4 is 23.8 Å². The first-order valence-corrected chi connectivity index (χ1v) is 13.5. The van der Waals surface area contributed by atoms with Crippen molar-refractivity contribution in [2.75, 3.05) is 62.7 Å². The lowest BCUT2D eigenvalue weighted by molar-refractivity contribution is 0.121. The smallest absolute Gasteiger partial charge is 0.0762 e. The maximum absolute atomic E-state index is 5.65. The molecule has 33 heavy (non-hydrogen) atoms. The molecule has 4 rings (SSSR count). The Balaban J connectivity index is 0.00000306. The molecule has 1 aliphatic carbocycles. The molecule has 2 saturated heterocycles. The lowest BCUT2D eigenvalue weighted by Gasteiger charge is -2.42. The SMILES string of the molecule is CCCN1CCN(c2ccc(N3CCC(OC)C3)cc2C2CCC(CC)(CC)CC2)CC1.Cl. The average molecular weight is 478 g/mol. The predicted octanol–water partition coefficient (Wildman–Crippen LogP) is 6.33. The van der Waals surface area contributed by atoms with Crippen molar-refractivity contribution < 1.29 is 4.74 Å². The molecule has 188 valence electrons. The van der Waals surface area contributed by atoms with Gasteiger partial charge in [0.2, 0.25) is 0 Å². The van der Waals surface area contributed by atoms with Crippen molar-refractivity contribution in [3.8, 4) is 0 Å². The molecule has 0 bridgehead atoms. The monoisotopic (exact) mass is 477 g/mol. The van der Waals surface area contributed by atoms with E-state index < -0.39 is 0 Å². The van der Waals surface area contributed by atoms with Crippen LogP contribution in [0.4, 0.5) is 11.4 Å². The van der Waals surface area contributed by atoms with E-state index in [4.69, 9.17) is 4.74 Å². The number of anilines is 2. The topological polar surface area (TPSA) is 19.0 Å². The molecule has 3 fully saturated rings. The van der Waals surface area contributed by atoms with Gasteiger partial charge in [0.05, 0.1) is 6.10 Å². The maximum Gasteiger partial charge on any atom is 0.0762 e. The lowest BCUT2D eigenvalue weighted by atomic mass is 9.66. The molecule has 1 unspecified atom stereocenters. The second-order valence-corrected chi connectivity index (χ2v) is 10.6. The zero-order valence-electron chi connectivity index (χ0n) is 21.7. The zero-order valence-corrected chi connectivity index (χ0v) is 22.5. The van der Waals surface area contributed by atoms with Crippen LogP contribution in [0.5, 0.6) is 0 Å². The minimum atomic E-state index is 0. The van der Waals surface area contributed by atoms with E-state index in [9.17, 15) is 0 Å². The van der Waals surface area contributed by atoms with Crippen LogP contribution >= 0.6 is 12.4 Å². The van der Waals surface area contributed by atoms with Gasteiger partial charge in [-0.2, -0.15) is 0 Å². The first kappa shape index (κ1) is 26.6. The number of benzene rings is 1. The highest BCUT2D eigenvalue weighted by molar-refractivity contribution is 5.85. The summed E-state index contributed by atoms with van der Waals surface area (Å²) in [7, 11) is 1.86. The summed E-state index contributed by atoms with van der Waals surface area (Å²) < 4.78 is 5.65. The first-order valence-electron chi connectivity index (χ1n) is 13.5. The second-order valence-electron chi connectivity index (χ2n) is 10.6. The maximum atomic E-state index is 5.65. The van der Waals surface area contributed by atoms with E-state index in [1.54, 1.807) is 5.56 Å². The summed E-state index contributed by atoms with van der Waals surface area (Å²) in [6, 6.07) is 7.42. The van der Waals surface area contributed by atoms with Crippen molar-refractivity contribution in [3.63, 3.8) is 0 Å². The molecule has 1 aromatic rings. The molecule has 2 aliphatic heterocycles. The predicted molar refractivity (Wildman–Crippen MR) is 144 cm³/mol. The van der Waals surface area contributed by atoms with Crippen LogP contribution in [-0.4, -0.2) is 63.9 Å². The van der Waals surface area contributed by atoms with Gasteiger partial charge in [-0.3, -0.25) is 4.90 Å². The van der Waals surface area contributed by atoms with E-state index >= 15 is 0 Å². The fraction of sp³-hybridized carbons (Fsp3) is 0.786. The Kier molecular flexibility index (Phi) is 9.79. The van der Waals surface area contributed by atoms with Gasteiger partial charge in [-0.25, -0.2) is 0 Å². The molecular weight excluding hydrogens is 430 g/mol. The van der Waals surface area contributed by atoms with Gasteiger partial charge in [0.25, 0.3) is 0 Å². The van der Waals surface area contributed by atoms with E-state index in [0.29, 0.717) is 17.4 Å². The van der Waals surface area contributed by atoms with Gasteiger partial charge in [0, 0.05) is 57.8 Å². The average Bonchev–Trinajstić information content (AvgIpc) is 3.34. The van der Waals surface area contributed by atoms with Crippen LogP contribution in [0.25, 0.3) is 0 Å². The zero-order chi connectivity index (χ0) is 22.6. The van der Waals surface area contributed by atoms with Crippen LogP contribution in [-0.2, 0) is 4.74 Å². The van der Waals surface area contributed by atoms with Gasteiger partial charge in [-0.1, -0.05) is 33.6 Å². The Labute approximate surface area is 209 Å². The molecule has 1 atom stereocenters. The number of hydrogen-bond acceptors (Lipinski definition) is 4. The summed E-state index contributed by atoms with van der Waals surface area (Å²) in [5.74, 6) is 0.714. The molecular formula is C28H48ClN3O. The number of ether oxygens (including phenoxy) is 1. The number of hydrogen-bond donors (Lipinski definition) is 0. The Morgan fingerprint density at radius 3 is 2.18 bits per heavy atom. The van der Waals surface area contributed by atoms with Crippen molar-refractivity contribution in [2.45, 2.75) is 84.2 Å². The standard InChI is InChI=1S/C28H47N3O.ClH/c1-5-15-29-17-19-30(20-18-29)27-9-8-24(31-16-12-25(22-31)32-4)21-26(27)23-10-13-28(6-2,7-3)14-11-23;/h8-9,21,23,25H,5-7,10-20,22H2,1-4H3;1H. The minimum absolute atomic E-state index is 0. The fourth-order valence-corrected chi connectivity index (χ4v) is 6.54. The minimum Gasteiger partial charge on any atom is -0.380 e. The van der Waals surface area contributed by atoms with Gasteiger partial charge >= 0.3 is 0 Å². The highest BCUT2D eigenvalue weighted by Gasteiger charge is 2.34. The van der Waals surface area contributed by atoms with Crippen LogP contribution in [0.15, 0.2) is 18.2 Å². The van der Waals surface area contributed by atoms with E-state index in [0.717, 1.165) is 19.5 Å². The summed E-state index contributed by atoms with van der Waals surface area (Å²) in [5, 5.41) is 0. The third kappa shape index (κ3) is 6.00. The van der Waals surface area contributed by atoms with Gasteiger partial charge in [0.15, 0.2) is 0 Å². The first-order chi connectivity index (χ1) is 15.6. The quantitative estimate of drug-likeness (QED) is 0.435. The molecule has 0 N–H and O–H groups in total. The normalized spacial score (nSPS) is 24.2. The van der Waals surface area contributed by atoms with Crippen molar-refractivity contribution in [1.29, 1.82) is 0 Å². The summed E-state index contributed by atoms with van der Waals surface area (Å²) in [6.07, 6.45) is 11.0. The second kappa shape index (κ2) is 12.1. The number of nitrogens with zero attached hydrogens (tertiary/aromatic N) is 3. The van der Waals surface area contributed by atoms with Gasteiger partial charge in [-0.05, 0) is 80.2 Å². The fourth-order valence-electron chi connectivity index (χ4n) is 6.54. The van der Waals surface area contributed by atoms with Gasteiger partial charge < -0.3 is 14.5 Å². The molecule has 1 saturated carbocycles. The van der Waals surface area contributed by atoms with Crippen LogP contribution in [0.3, 0.4) is 0 Å². The molecule has 0 radical (unpaired) electrons. The number of rotatable bonds is 8. The molecule has 1 aromatic carbocycles. The summed E-state index contributed by atoms with van der Waals surface area (Å²) in [5.41, 5.74) is 5.17. The van der Waals surface area contributed by atoms with Crippen LogP contribution in [0.2, 0.25) is 0 Å². The van der Waals surface area contributed by atoms with Crippen molar-refractivity contribution in [1.82, 2.24) is 4.90 Å². The van der Waals surface area contributed by atoms with E-state index in [-0.39, 0.29) is 12.4 Å². The van der Waals surface area contributed by atoms with Crippen molar-refractivity contribution in [3.05, 3.63) is 23.8 Å². The Hall–Kier alpha value is -0.970. The lowest BCUT2D eigenvalue weighted by Crippen LogP contribution is -2.47. The third-order valence-electron chi connectivity index (χ3n) is 9.09. The van der Waals surface area contributed by atoms with Crippen molar-refractivity contribution in [2.24, 2.45) is 5.41 Å². The Morgan fingerprint density at radius 1 is 0.909 bits per heavy atom. The molecule has 3 aliphatic rings. The third-order valence-corrected chi connectivity index (χ3v) is 9.09. The molecule has 5 heteroatoms. The van der Waals surface area contributed by atoms with E-state index in [1.807, 2.05) is 7.11 Å². The highest BCUT2D eigenvalue weighted by atomic mass is 35.5. The van der Waals surface area contributed by atoms with Gasteiger partial charge in [0.1, 0.15) is 0 Å². The Bertz CT molecular complexity index is 720. The molecule has 0 amide bonds. The Morgan fingerprint density at radius 2 is 1.61 bits per heavy atom. The molecule has 0 spiro atoms. The number of methoxy groups -OCH3 is 1. The summed E-state index contributed by atoms with van der Waals surface area (Å²) in [4.78, 5) is 7.87. The summed E-state index contributed by atoms with van der Waals surface area (Å²) >= 11 is 0. The molecule has 4 nitrogen and oxygen atoms in total. The summed E-state index contributed by atoms with van der Waals surface area (Å²) in [6.45, 7) is 15.3. The molecule has 2 heterocycles. The van der Waals surface area contributed by atoms with Crippen LogP contribution in [0, 0.1) is 5.41 Å². The van der Waals surface area contributed by atoms with E-state index in [2.05, 4.69) is 53.7 Å². The van der Waals surface area contributed by atoms with E-state index in [1.165, 1.54) is 89.0 Å². The largest absolute Gasteiger partial charge is 0.380 e. The van der Waals surface area contributed by atoms with Crippen LogP contribution < -0.4 is 9.80 Å². The number of halogens is 1. The van der Waals surface area contributed by atoms with Crippen LogP contribution in [0.1, 0.15) is 83.6 Å². The highest BCUT2D eigenvalue weighted by Crippen LogP contribution is 2.49.